The van der Waals surface area contributed by atoms with Gasteiger partial charge in [0, 0.05) is 0 Å². The lowest BCUT2D eigenvalue weighted by Gasteiger charge is -2.05. The minimum atomic E-state index is -0.551. The number of aryl methyl sites for hydroxylation is 1. The van der Waals surface area contributed by atoms with Gasteiger partial charge in [0.25, 0.3) is 0 Å². The molecule has 0 saturated carbocycles. The quantitative estimate of drug-likeness (QED) is 0.567. The Kier molecular flexibility index (Phi) is 5.87. The summed E-state index contributed by atoms with van der Waals surface area (Å²) in [5.41, 5.74) is 0.993. The lowest BCUT2D eigenvalue weighted by atomic mass is 10.2. The van der Waals surface area contributed by atoms with Crippen LogP contribution in [0, 0.1) is 6.92 Å². The van der Waals surface area contributed by atoms with E-state index in [-0.39, 0.29) is 19.8 Å². The van der Waals surface area contributed by atoms with Gasteiger partial charge >= 0.3 is 11.9 Å². The van der Waals surface area contributed by atoms with Gasteiger partial charge in [0.15, 0.2) is 0 Å². The summed E-state index contributed by atoms with van der Waals surface area (Å²) in [6, 6.07) is 7.10. The van der Waals surface area contributed by atoms with Gasteiger partial charge in [-0.1, -0.05) is 12.1 Å². The third-order valence-electron chi connectivity index (χ3n) is 1.97. The van der Waals surface area contributed by atoms with Gasteiger partial charge in [-0.2, -0.15) is 0 Å². The van der Waals surface area contributed by atoms with Gasteiger partial charge in [0.2, 0.25) is 0 Å². The highest BCUT2D eigenvalue weighted by Crippen LogP contribution is 2.12. The number of benzene rings is 1. The van der Waals surface area contributed by atoms with Gasteiger partial charge in [0.1, 0.15) is 19.0 Å². The van der Waals surface area contributed by atoms with E-state index in [4.69, 9.17) is 9.47 Å². The number of carbonyl (C=O) groups is 2. The van der Waals surface area contributed by atoms with Crippen molar-refractivity contribution in [2.75, 3.05) is 19.8 Å². The monoisotopic (exact) mass is 252 g/mol. The van der Waals surface area contributed by atoms with E-state index in [2.05, 4.69) is 4.74 Å². The lowest BCUT2D eigenvalue weighted by molar-refractivity contribution is -0.151. The molecule has 0 unspecified atom stereocenters. The van der Waals surface area contributed by atoms with Crippen LogP contribution >= 0.6 is 0 Å². The van der Waals surface area contributed by atoms with Gasteiger partial charge in [-0.05, 0) is 31.5 Å². The Morgan fingerprint density at radius 1 is 1.17 bits per heavy atom. The zero-order chi connectivity index (χ0) is 13.4. The first-order valence-electron chi connectivity index (χ1n) is 5.62. The largest absolute Gasteiger partial charge is 0.464 e. The Morgan fingerprint density at radius 3 is 2.56 bits per heavy atom. The van der Waals surface area contributed by atoms with Gasteiger partial charge in [0.05, 0.1) is 6.61 Å². The van der Waals surface area contributed by atoms with Gasteiger partial charge < -0.3 is 14.2 Å². The van der Waals surface area contributed by atoms with Crippen LogP contribution in [0.4, 0.5) is 0 Å². The molecule has 0 radical (unpaired) electrons. The maximum absolute atomic E-state index is 11.4. The van der Waals surface area contributed by atoms with Crippen molar-refractivity contribution in [2.24, 2.45) is 0 Å². The topological polar surface area (TPSA) is 61.8 Å². The zero-order valence-corrected chi connectivity index (χ0v) is 10.5. The molecule has 0 atom stereocenters. The van der Waals surface area contributed by atoms with Crippen LogP contribution in [0.5, 0.6) is 5.75 Å². The Bertz CT molecular complexity index is 414. The lowest BCUT2D eigenvalue weighted by Crippen LogP contribution is -2.20. The Morgan fingerprint density at radius 2 is 1.89 bits per heavy atom. The van der Waals surface area contributed by atoms with Crippen molar-refractivity contribution < 1.29 is 23.8 Å². The highest BCUT2D eigenvalue weighted by atomic mass is 16.6. The summed E-state index contributed by atoms with van der Waals surface area (Å²) in [6.07, 6.45) is 0. The fraction of sp³-hybridized carbons (Fsp3) is 0.385. The van der Waals surface area contributed by atoms with Crippen molar-refractivity contribution >= 4 is 11.9 Å². The van der Waals surface area contributed by atoms with Crippen LogP contribution in [0.1, 0.15) is 12.5 Å². The molecule has 5 heteroatoms. The van der Waals surface area contributed by atoms with Crippen molar-refractivity contribution in [1.29, 1.82) is 0 Å². The Labute approximate surface area is 106 Å². The number of hydrogen-bond donors (Lipinski definition) is 0. The second-order valence-electron chi connectivity index (χ2n) is 3.59. The van der Waals surface area contributed by atoms with E-state index < -0.39 is 11.9 Å². The van der Waals surface area contributed by atoms with E-state index >= 15 is 0 Å². The van der Waals surface area contributed by atoms with E-state index in [1.165, 1.54) is 0 Å². The molecule has 1 rings (SSSR count). The molecule has 1 aromatic carbocycles. The normalized spacial score (nSPS) is 9.89. The minimum Gasteiger partial charge on any atom is -0.464 e. The summed E-state index contributed by atoms with van der Waals surface area (Å²) in [4.78, 5) is 22.3. The van der Waals surface area contributed by atoms with E-state index in [1.54, 1.807) is 25.1 Å². The first-order valence-corrected chi connectivity index (χ1v) is 5.62. The average molecular weight is 252 g/mol. The summed E-state index contributed by atoms with van der Waals surface area (Å²) in [6.45, 7) is 3.35. The van der Waals surface area contributed by atoms with Gasteiger partial charge in [-0.15, -0.1) is 0 Å². The molecular formula is C13H16O5. The predicted molar refractivity (Wildman–Crippen MR) is 64.3 cm³/mol. The third kappa shape index (κ3) is 5.45. The van der Waals surface area contributed by atoms with E-state index in [0.717, 1.165) is 5.56 Å². The first kappa shape index (κ1) is 14.2. The Hall–Kier alpha value is -1.88. The summed E-state index contributed by atoms with van der Waals surface area (Å²) < 4.78 is 14.5. The molecule has 0 aliphatic rings. The molecule has 1 aromatic rings. The van der Waals surface area contributed by atoms with Gasteiger partial charge in [-0.25, -0.2) is 9.59 Å². The number of hydrogen-bond acceptors (Lipinski definition) is 5. The molecular weight excluding hydrogens is 236 g/mol. The SMILES string of the molecule is CCOC(=O)COCC(=O)Oc1cccc(C)c1. The molecule has 0 saturated heterocycles. The maximum atomic E-state index is 11.4. The number of ether oxygens (including phenoxy) is 3. The highest BCUT2D eigenvalue weighted by molar-refractivity contribution is 5.75. The van der Waals surface area contributed by atoms with Crippen molar-refractivity contribution in [3.63, 3.8) is 0 Å². The fourth-order valence-electron chi connectivity index (χ4n) is 1.26. The van der Waals surface area contributed by atoms with Crippen LogP contribution in [0.2, 0.25) is 0 Å². The summed E-state index contributed by atoms with van der Waals surface area (Å²) in [5, 5.41) is 0. The standard InChI is InChI=1S/C13H16O5/c1-3-17-12(14)8-16-9-13(15)18-11-6-4-5-10(2)7-11/h4-7H,3,8-9H2,1-2H3. The summed E-state index contributed by atoms with van der Waals surface area (Å²) >= 11 is 0. The third-order valence-corrected chi connectivity index (χ3v) is 1.97. The molecule has 0 amide bonds. The highest BCUT2D eigenvalue weighted by Gasteiger charge is 2.07. The maximum Gasteiger partial charge on any atom is 0.337 e. The second-order valence-corrected chi connectivity index (χ2v) is 3.59. The number of carbonyl (C=O) groups excluding carboxylic acids is 2. The molecule has 0 fully saturated rings. The number of esters is 2. The van der Waals surface area contributed by atoms with Crippen molar-refractivity contribution in [3.05, 3.63) is 29.8 Å². The summed E-state index contributed by atoms with van der Waals surface area (Å²) in [7, 11) is 0. The number of rotatable bonds is 6. The average Bonchev–Trinajstić information content (AvgIpc) is 2.29. The van der Waals surface area contributed by atoms with E-state index in [9.17, 15) is 9.59 Å². The molecule has 0 bridgehead atoms. The van der Waals surface area contributed by atoms with E-state index in [0.29, 0.717) is 5.75 Å². The van der Waals surface area contributed by atoms with Crippen LogP contribution in [-0.2, 0) is 19.1 Å². The van der Waals surface area contributed by atoms with Crippen molar-refractivity contribution in [1.82, 2.24) is 0 Å². The van der Waals surface area contributed by atoms with Crippen LogP contribution < -0.4 is 4.74 Å². The molecule has 0 aromatic heterocycles. The zero-order valence-electron chi connectivity index (χ0n) is 10.5. The van der Waals surface area contributed by atoms with Crippen LogP contribution in [0.25, 0.3) is 0 Å². The molecule has 0 spiro atoms. The summed E-state index contributed by atoms with van der Waals surface area (Å²) in [5.74, 6) is -0.592. The minimum absolute atomic E-state index is 0.253. The smallest absolute Gasteiger partial charge is 0.337 e. The van der Waals surface area contributed by atoms with Crippen LogP contribution in [0.3, 0.4) is 0 Å². The van der Waals surface area contributed by atoms with Crippen molar-refractivity contribution in [2.45, 2.75) is 13.8 Å². The molecule has 5 nitrogen and oxygen atoms in total. The molecule has 98 valence electrons. The fourth-order valence-corrected chi connectivity index (χ4v) is 1.26. The molecule has 0 aliphatic heterocycles. The Balaban J connectivity index is 2.28. The second kappa shape index (κ2) is 7.45. The molecule has 0 N–H and O–H groups in total. The van der Waals surface area contributed by atoms with Crippen LogP contribution in [0.15, 0.2) is 24.3 Å². The van der Waals surface area contributed by atoms with Crippen LogP contribution in [-0.4, -0.2) is 31.8 Å². The van der Waals surface area contributed by atoms with Crippen molar-refractivity contribution in [3.8, 4) is 5.75 Å². The van der Waals surface area contributed by atoms with E-state index in [1.807, 2.05) is 13.0 Å². The molecule has 0 heterocycles. The molecule has 0 aliphatic carbocycles. The first-order chi connectivity index (χ1) is 8.61. The van der Waals surface area contributed by atoms with Gasteiger partial charge in [-0.3, -0.25) is 0 Å². The molecule has 18 heavy (non-hydrogen) atoms. The predicted octanol–water partition coefficient (Wildman–Crippen LogP) is 1.48.